The van der Waals surface area contributed by atoms with Crippen molar-refractivity contribution in [3.63, 3.8) is 0 Å². The van der Waals surface area contributed by atoms with Gasteiger partial charge in [0.05, 0.1) is 16.2 Å². The molecule has 0 atom stereocenters. The summed E-state index contributed by atoms with van der Waals surface area (Å²) in [6.45, 7) is 0.452. The average molecular weight is 405 g/mol. The minimum absolute atomic E-state index is 0.126. The molecule has 0 bridgehead atoms. The van der Waals surface area contributed by atoms with Crippen LogP contribution in [0.15, 0.2) is 53.3 Å². The topological polar surface area (TPSA) is 97.1 Å². The number of hydrogen-bond acceptors (Lipinski definition) is 5. The number of nitrogens with zero attached hydrogens (tertiary/aromatic N) is 2. The van der Waals surface area contributed by atoms with E-state index in [1.165, 1.54) is 18.6 Å². The van der Waals surface area contributed by atoms with Crippen LogP contribution in [0.5, 0.6) is 0 Å². The Hall–Kier alpha value is -2.90. The van der Waals surface area contributed by atoms with Crippen LogP contribution in [-0.2, 0) is 0 Å². The van der Waals surface area contributed by atoms with Crippen LogP contribution >= 0.6 is 23.2 Å². The summed E-state index contributed by atoms with van der Waals surface area (Å²) >= 11 is 12.1. The molecule has 27 heavy (non-hydrogen) atoms. The van der Waals surface area contributed by atoms with Gasteiger partial charge in [-0.2, -0.15) is 0 Å². The highest BCUT2D eigenvalue weighted by Gasteiger charge is 2.15. The van der Waals surface area contributed by atoms with Crippen LogP contribution < -0.4 is 10.6 Å². The second kappa shape index (κ2) is 8.66. The molecule has 3 rings (SSSR count). The molecular formula is C18H14Cl2N4O3. The van der Waals surface area contributed by atoms with Crippen LogP contribution in [0.1, 0.15) is 21.0 Å². The number of carbonyl (C=O) groups is 2. The maximum Gasteiger partial charge on any atom is 0.287 e. The molecule has 9 heteroatoms. The molecule has 138 valence electrons. The number of nitrogens with one attached hydrogen (secondary N) is 2. The molecule has 0 aliphatic rings. The van der Waals surface area contributed by atoms with Gasteiger partial charge < -0.3 is 15.1 Å². The molecule has 1 aromatic carbocycles. The Kier molecular flexibility index (Phi) is 6.05. The number of hydrogen-bond donors (Lipinski definition) is 2. The van der Waals surface area contributed by atoms with E-state index in [0.29, 0.717) is 21.4 Å². The molecule has 0 radical (unpaired) electrons. The maximum atomic E-state index is 12.2. The lowest BCUT2D eigenvalue weighted by Gasteiger charge is -2.06. The van der Waals surface area contributed by atoms with E-state index < -0.39 is 5.91 Å². The highest BCUT2D eigenvalue weighted by molar-refractivity contribution is 6.43. The van der Waals surface area contributed by atoms with Crippen molar-refractivity contribution in [2.75, 3.05) is 13.1 Å². The first-order valence-corrected chi connectivity index (χ1v) is 8.68. The van der Waals surface area contributed by atoms with Gasteiger partial charge in [0, 0.05) is 31.0 Å². The van der Waals surface area contributed by atoms with E-state index in [2.05, 4.69) is 20.6 Å². The van der Waals surface area contributed by atoms with Crippen molar-refractivity contribution in [1.82, 2.24) is 20.6 Å². The zero-order chi connectivity index (χ0) is 19.2. The molecule has 0 spiro atoms. The molecule has 0 fully saturated rings. The Labute approximate surface area is 164 Å². The summed E-state index contributed by atoms with van der Waals surface area (Å²) in [7, 11) is 0. The summed E-state index contributed by atoms with van der Waals surface area (Å²) in [5.74, 6) is -0.216. The number of amides is 2. The van der Waals surface area contributed by atoms with Crippen molar-refractivity contribution in [2.24, 2.45) is 0 Å². The van der Waals surface area contributed by atoms with Gasteiger partial charge in [-0.05, 0) is 24.3 Å². The smallest absolute Gasteiger partial charge is 0.287 e. The van der Waals surface area contributed by atoms with Crippen LogP contribution in [0.25, 0.3) is 11.3 Å². The molecule has 0 aliphatic heterocycles. The summed E-state index contributed by atoms with van der Waals surface area (Å²) in [5, 5.41) is 6.04. The zero-order valence-electron chi connectivity index (χ0n) is 13.9. The summed E-state index contributed by atoms with van der Waals surface area (Å²) in [6, 6.07) is 8.34. The Balaban J connectivity index is 1.53. The normalized spacial score (nSPS) is 10.4. The fourth-order valence-corrected chi connectivity index (χ4v) is 2.64. The van der Waals surface area contributed by atoms with Gasteiger partial charge >= 0.3 is 0 Å². The van der Waals surface area contributed by atoms with Crippen molar-refractivity contribution < 1.29 is 14.0 Å². The molecule has 0 aliphatic carbocycles. The van der Waals surface area contributed by atoms with E-state index in [0.717, 1.165) is 0 Å². The van der Waals surface area contributed by atoms with Gasteiger partial charge in [0.15, 0.2) is 5.76 Å². The lowest BCUT2D eigenvalue weighted by molar-refractivity contribution is 0.0909. The molecule has 3 aromatic rings. The van der Waals surface area contributed by atoms with Crippen molar-refractivity contribution in [3.8, 4) is 11.3 Å². The van der Waals surface area contributed by atoms with Crippen LogP contribution in [0.2, 0.25) is 10.0 Å². The summed E-state index contributed by atoms with van der Waals surface area (Å²) in [4.78, 5) is 31.7. The first-order chi connectivity index (χ1) is 13.1. The van der Waals surface area contributed by atoms with E-state index in [1.54, 1.807) is 30.3 Å². The predicted molar refractivity (Wildman–Crippen MR) is 101 cm³/mol. The van der Waals surface area contributed by atoms with E-state index in [4.69, 9.17) is 27.6 Å². The molecule has 0 saturated carbocycles. The van der Waals surface area contributed by atoms with E-state index >= 15 is 0 Å². The second-order valence-corrected chi connectivity index (χ2v) is 6.15. The van der Waals surface area contributed by atoms with Gasteiger partial charge in [0.1, 0.15) is 11.5 Å². The van der Waals surface area contributed by atoms with E-state index in [1.807, 2.05) is 0 Å². The first-order valence-electron chi connectivity index (χ1n) is 7.93. The molecule has 2 heterocycles. The van der Waals surface area contributed by atoms with Crippen LogP contribution in [0.3, 0.4) is 0 Å². The third kappa shape index (κ3) is 4.64. The molecule has 0 unspecified atom stereocenters. The fraction of sp³-hybridized carbons (Fsp3) is 0.111. The number of benzene rings is 1. The Morgan fingerprint density at radius 2 is 1.78 bits per heavy atom. The van der Waals surface area contributed by atoms with Crippen LogP contribution in [0, 0.1) is 0 Å². The highest BCUT2D eigenvalue weighted by atomic mass is 35.5. The van der Waals surface area contributed by atoms with Crippen molar-refractivity contribution in [1.29, 1.82) is 0 Å². The molecule has 2 aromatic heterocycles. The van der Waals surface area contributed by atoms with Gasteiger partial charge in [-0.1, -0.05) is 29.3 Å². The average Bonchev–Trinajstić information content (AvgIpc) is 3.18. The Morgan fingerprint density at radius 1 is 1.00 bits per heavy atom. The molecule has 7 nitrogen and oxygen atoms in total. The number of halogens is 2. The molecular weight excluding hydrogens is 391 g/mol. The predicted octanol–water partition coefficient (Wildman–Crippen LogP) is 3.20. The van der Waals surface area contributed by atoms with Crippen LogP contribution in [-0.4, -0.2) is 34.9 Å². The van der Waals surface area contributed by atoms with Gasteiger partial charge in [-0.25, -0.2) is 4.98 Å². The van der Waals surface area contributed by atoms with E-state index in [9.17, 15) is 9.59 Å². The zero-order valence-corrected chi connectivity index (χ0v) is 15.4. The van der Waals surface area contributed by atoms with Crippen molar-refractivity contribution in [2.45, 2.75) is 0 Å². The SMILES string of the molecule is O=C(NCCNC(=O)c1ccc(-c2cccc(Cl)c2Cl)o1)c1cnccn1. The Bertz CT molecular complexity index is 960. The third-order valence-electron chi connectivity index (χ3n) is 3.54. The van der Waals surface area contributed by atoms with Crippen molar-refractivity contribution >= 4 is 35.0 Å². The minimum atomic E-state index is -0.409. The van der Waals surface area contributed by atoms with E-state index in [-0.39, 0.29) is 30.5 Å². The second-order valence-electron chi connectivity index (χ2n) is 5.37. The highest BCUT2D eigenvalue weighted by Crippen LogP contribution is 2.34. The fourth-order valence-electron chi connectivity index (χ4n) is 2.24. The van der Waals surface area contributed by atoms with Gasteiger partial charge in [-0.3, -0.25) is 14.6 Å². The number of carbonyl (C=O) groups excluding carboxylic acids is 2. The number of furan rings is 1. The van der Waals surface area contributed by atoms with Gasteiger partial charge in [0.2, 0.25) is 0 Å². The minimum Gasteiger partial charge on any atom is -0.451 e. The standard InChI is InChI=1S/C18H14Cl2N4O3/c19-12-3-1-2-11(16(12)20)14-4-5-15(27-14)18(26)24-9-8-23-17(25)13-10-21-6-7-22-13/h1-7,10H,8-9H2,(H,23,25)(H,24,26). The monoisotopic (exact) mass is 404 g/mol. The summed E-state index contributed by atoms with van der Waals surface area (Å²) in [5.41, 5.74) is 0.803. The largest absolute Gasteiger partial charge is 0.451 e. The lowest BCUT2D eigenvalue weighted by atomic mass is 10.2. The Morgan fingerprint density at radius 3 is 2.52 bits per heavy atom. The number of aromatic nitrogens is 2. The summed E-state index contributed by atoms with van der Waals surface area (Å²) < 4.78 is 5.55. The van der Waals surface area contributed by atoms with Gasteiger partial charge in [-0.15, -0.1) is 0 Å². The first kappa shape index (κ1) is 18.9. The summed E-state index contributed by atoms with van der Waals surface area (Å²) in [6.07, 6.45) is 4.27. The van der Waals surface area contributed by atoms with Gasteiger partial charge in [0.25, 0.3) is 11.8 Å². The molecule has 2 N–H and O–H groups in total. The third-order valence-corrected chi connectivity index (χ3v) is 4.36. The maximum absolute atomic E-state index is 12.2. The lowest BCUT2D eigenvalue weighted by Crippen LogP contribution is -2.34. The quantitative estimate of drug-likeness (QED) is 0.614. The molecule has 0 saturated heterocycles. The van der Waals surface area contributed by atoms with Crippen LogP contribution in [0.4, 0.5) is 0 Å². The number of rotatable bonds is 6. The van der Waals surface area contributed by atoms with Crippen molar-refractivity contribution in [3.05, 3.63) is 70.4 Å². The molecule has 2 amide bonds.